The van der Waals surface area contributed by atoms with E-state index in [0.717, 1.165) is 0 Å². The molecular weight excluding hydrogens is 208 g/mol. The number of rotatable bonds is 4. The summed E-state index contributed by atoms with van der Waals surface area (Å²) in [5, 5.41) is 27.4. The Balaban J connectivity index is 2.19. The molecule has 0 bridgehead atoms. The number of hydrogen-bond acceptors (Lipinski definition) is 6. The highest BCUT2D eigenvalue weighted by Gasteiger charge is 2.12. The van der Waals surface area contributed by atoms with Gasteiger partial charge in [0.1, 0.15) is 5.82 Å². The largest absolute Gasteiger partial charge is 0.394 e. The van der Waals surface area contributed by atoms with Gasteiger partial charge in [0.2, 0.25) is 0 Å². The summed E-state index contributed by atoms with van der Waals surface area (Å²) in [6.45, 7) is 4.12. The number of aliphatic hydroxyl groups excluding tert-OH is 1. The molecule has 1 atom stereocenters. The molecule has 0 spiro atoms. The normalized spacial score (nSPS) is 13.2. The molecule has 0 radical (unpaired) electrons. The van der Waals surface area contributed by atoms with Crippen LogP contribution in [0.15, 0.2) is 12.1 Å². The van der Waals surface area contributed by atoms with Gasteiger partial charge in [-0.1, -0.05) is 13.8 Å². The summed E-state index contributed by atoms with van der Waals surface area (Å²) >= 11 is 0. The van der Waals surface area contributed by atoms with Gasteiger partial charge < -0.3 is 10.4 Å². The second kappa shape index (κ2) is 4.40. The lowest BCUT2D eigenvalue weighted by Gasteiger charge is -2.19. The Morgan fingerprint density at radius 1 is 1.44 bits per heavy atom. The zero-order valence-corrected chi connectivity index (χ0v) is 9.20. The Kier molecular flexibility index (Phi) is 2.95. The van der Waals surface area contributed by atoms with Crippen LogP contribution in [0.4, 0.5) is 5.82 Å². The summed E-state index contributed by atoms with van der Waals surface area (Å²) in [6.07, 6.45) is 0. The van der Waals surface area contributed by atoms with Gasteiger partial charge in [-0.05, 0) is 28.5 Å². The fourth-order valence-corrected chi connectivity index (χ4v) is 1.34. The van der Waals surface area contributed by atoms with Crippen molar-refractivity contribution in [2.24, 2.45) is 5.92 Å². The van der Waals surface area contributed by atoms with Gasteiger partial charge in [-0.25, -0.2) is 0 Å². The van der Waals surface area contributed by atoms with E-state index >= 15 is 0 Å². The van der Waals surface area contributed by atoms with Crippen LogP contribution in [-0.2, 0) is 0 Å². The van der Waals surface area contributed by atoms with E-state index in [9.17, 15) is 5.11 Å². The van der Waals surface area contributed by atoms with Crippen LogP contribution in [0.3, 0.4) is 0 Å². The molecule has 0 aliphatic carbocycles. The van der Waals surface area contributed by atoms with Crippen LogP contribution >= 0.6 is 0 Å². The summed E-state index contributed by atoms with van der Waals surface area (Å²) < 4.78 is 1.34. The maximum absolute atomic E-state index is 9.19. The first kappa shape index (κ1) is 10.7. The Morgan fingerprint density at radius 2 is 2.25 bits per heavy atom. The topological polar surface area (TPSA) is 88.2 Å². The summed E-state index contributed by atoms with van der Waals surface area (Å²) in [6, 6.07) is 3.53. The molecule has 0 amide bonds. The first-order valence-electron chi connectivity index (χ1n) is 5.13. The van der Waals surface area contributed by atoms with Gasteiger partial charge in [-0.2, -0.15) is 0 Å². The zero-order valence-electron chi connectivity index (χ0n) is 9.20. The molecule has 2 heterocycles. The maximum Gasteiger partial charge on any atom is 0.200 e. The van der Waals surface area contributed by atoms with Gasteiger partial charge in [0.25, 0.3) is 0 Å². The molecule has 2 N–H and O–H groups in total. The van der Waals surface area contributed by atoms with E-state index in [4.69, 9.17) is 0 Å². The molecule has 0 fully saturated rings. The number of anilines is 1. The average Bonchev–Trinajstić information content (AvgIpc) is 2.72. The fraction of sp³-hybridized carbons (Fsp3) is 0.556. The van der Waals surface area contributed by atoms with Crippen molar-refractivity contribution in [3.05, 3.63) is 12.1 Å². The van der Waals surface area contributed by atoms with Crippen molar-refractivity contribution in [3.63, 3.8) is 0 Å². The minimum atomic E-state index is -0.0265. The summed E-state index contributed by atoms with van der Waals surface area (Å²) in [7, 11) is 0. The van der Waals surface area contributed by atoms with Gasteiger partial charge >= 0.3 is 0 Å². The van der Waals surface area contributed by atoms with Crippen molar-refractivity contribution in [1.82, 2.24) is 25.3 Å². The van der Waals surface area contributed by atoms with E-state index in [2.05, 4.69) is 25.9 Å². The third-order valence-corrected chi connectivity index (χ3v) is 2.40. The van der Waals surface area contributed by atoms with Crippen molar-refractivity contribution in [2.75, 3.05) is 11.9 Å². The number of hydrogen-bond donors (Lipinski definition) is 2. The van der Waals surface area contributed by atoms with E-state index in [-0.39, 0.29) is 12.6 Å². The molecule has 0 aliphatic rings. The fourth-order valence-electron chi connectivity index (χ4n) is 1.34. The Bertz CT molecular complexity index is 468. The Hall–Kier alpha value is -1.76. The predicted molar refractivity (Wildman–Crippen MR) is 57.9 cm³/mol. The van der Waals surface area contributed by atoms with Crippen molar-refractivity contribution in [2.45, 2.75) is 19.9 Å². The highest BCUT2D eigenvalue weighted by Crippen LogP contribution is 2.09. The van der Waals surface area contributed by atoms with Gasteiger partial charge in [0, 0.05) is 0 Å². The van der Waals surface area contributed by atoms with E-state index in [1.807, 2.05) is 13.8 Å². The predicted octanol–water partition coefficient (Wildman–Crippen LogP) is -0.0519. The molecule has 0 saturated heterocycles. The van der Waals surface area contributed by atoms with Gasteiger partial charge in [0.15, 0.2) is 5.65 Å². The lowest BCUT2D eigenvalue weighted by Crippen LogP contribution is -2.30. The van der Waals surface area contributed by atoms with Crippen LogP contribution in [0.2, 0.25) is 0 Å². The average molecular weight is 222 g/mol. The molecule has 7 nitrogen and oxygen atoms in total. The lowest BCUT2D eigenvalue weighted by molar-refractivity contribution is 0.249. The second-order valence-electron chi connectivity index (χ2n) is 3.92. The smallest absolute Gasteiger partial charge is 0.200 e. The SMILES string of the molecule is CC(C)[C@@H](CO)Nc1ccc2nnnn2n1. The molecule has 2 aromatic rings. The molecular formula is C9H14N6O. The summed E-state index contributed by atoms with van der Waals surface area (Å²) in [5.41, 5.74) is 0.593. The number of nitrogens with zero attached hydrogens (tertiary/aromatic N) is 5. The lowest BCUT2D eigenvalue weighted by atomic mass is 10.1. The highest BCUT2D eigenvalue weighted by molar-refractivity contribution is 5.42. The second-order valence-corrected chi connectivity index (χ2v) is 3.92. The molecule has 86 valence electrons. The molecule has 2 rings (SSSR count). The van der Waals surface area contributed by atoms with E-state index in [1.165, 1.54) is 4.63 Å². The molecule has 2 aromatic heterocycles. The first-order chi connectivity index (χ1) is 7.70. The molecule has 0 unspecified atom stereocenters. The van der Waals surface area contributed by atoms with Crippen molar-refractivity contribution < 1.29 is 5.11 Å². The van der Waals surface area contributed by atoms with Gasteiger partial charge in [-0.3, -0.25) is 0 Å². The van der Waals surface area contributed by atoms with Crippen LogP contribution in [0.1, 0.15) is 13.8 Å². The monoisotopic (exact) mass is 222 g/mol. The minimum Gasteiger partial charge on any atom is -0.394 e. The van der Waals surface area contributed by atoms with Crippen molar-refractivity contribution in [1.29, 1.82) is 0 Å². The zero-order chi connectivity index (χ0) is 11.5. The van der Waals surface area contributed by atoms with Gasteiger partial charge in [0.05, 0.1) is 12.6 Å². The van der Waals surface area contributed by atoms with E-state index in [0.29, 0.717) is 17.4 Å². The van der Waals surface area contributed by atoms with Crippen LogP contribution in [0.25, 0.3) is 5.65 Å². The summed E-state index contributed by atoms with van der Waals surface area (Å²) in [4.78, 5) is 0. The summed E-state index contributed by atoms with van der Waals surface area (Å²) in [5.74, 6) is 0.962. The third kappa shape index (κ3) is 2.08. The molecule has 0 saturated carbocycles. The number of aliphatic hydroxyl groups is 1. The van der Waals surface area contributed by atoms with Crippen molar-refractivity contribution in [3.8, 4) is 0 Å². The molecule has 0 aromatic carbocycles. The van der Waals surface area contributed by atoms with E-state index in [1.54, 1.807) is 12.1 Å². The van der Waals surface area contributed by atoms with Crippen LogP contribution < -0.4 is 5.32 Å². The number of nitrogens with one attached hydrogen (secondary N) is 1. The van der Waals surface area contributed by atoms with Gasteiger partial charge in [-0.15, -0.1) is 14.8 Å². The number of fused-ring (bicyclic) bond motifs is 1. The van der Waals surface area contributed by atoms with E-state index < -0.39 is 0 Å². The van der Waals surface area contributed by atoms with Crippen LogP contribution in [-0.4, -0.2) is 43.0 Å². The highest BCUT2D eigenvalue weighted by atomic mass is 16.3. The standard InChI is InChI=1S/C9H14N6O/c1-6(2)7(5-16)10-8-3-4-9-11-13-14-15(9)12-8/h3-4,6-7,16H,5H2,1-2H3,(H,10,12)/t7-/m1/s1. The minimum absolute atomic E-state index is 0.0265. The van der Waals surface area contributed by atoms with Crippen LogP contribution in [0.5, 0.6) is 0 Å². The number of tetrazole rings is 1. The first-order valence-corrected chi connectivity index (χ1v) is 5.13. The quantitative estimate of drug-likeness (QED) is 0.754. The Labute approximate surface area is 92.5 Å². The van der Waals surface area contributed by atoms with Crippen molar-refractivity contribution >= 4 is 11.5 Å². The molecule has 7 heteroatoms. The Morgan fingerprint density at radius 3 is 2.94 bits per heavy atom. The molecule has 16 heavy (non-hydrogen) atoms. The number of aromatic nitrogens is 5. The third-order valence-electron chi connectivity index (χ3n) is 2.40. The van der Waals surface area contributed by atoms with Crippen LogP contribution in [0, 0.1) is 5.92 Å². The molecule has 0 aliphatic heterocycles. The maximum atomic E-state index is 9.19.